The fourth-order valence-electron chi connectivity index (χ4n) is 2.19. The van der Waals surface area contributed by atoms with Crippen molar-refractivity contribution in [2.45, 2.75) is 24.7 Å². The molecule has 0 unspecified atom stereocenters. The summed E-state index contributed by atoms with van der Waals surface area (Å²) in [5.74, 6) is 1.15. The lowest BCUT2D eigenvalue weighted by Crippen LogP contribution is -2.41. The lowest BCUT2D eigenvalue weighted by atomic mass is 9.69. The molecule has 2 heterocycles. The number of halogens is 1. The van der Waals surface area contributed by atoms with Gasteiger partial charge in [-0.1, -0.05) is 11.6 Å². The number of hydrogen-bond acceptors (Lipinski definition) is 5. The minimum atomic E-state index is -0.105. The van der Waals surface area contributed by atoms with E-state index in [9.17, 15) is 0 Å². The maximum absolute atomic E-state index is 5.83. The number of nitrogens with zero attached hydrogens (tertiary/aromatic N) is 3. The predicted molar refractivity (Wildman–Crippen MR) is 69.8 cm³/mol. The van der Waals surface area contributed by atoms with E-state index in [4.69, 9.17) is 10.3 Å². The molecule has 0 aliphatic heterocycles. The highest BCUT2D eigenvalue weighted by atomic mass is 79.9. The van der Waals surface area contributed by atoms with Crippen LogP contribution in [-0.2, 0) is 5.41 Å². The molecular formula is C12H13BrN4O. The summed E-state index contributed by atoms with van der Waals surface area (Å²) in [6.07, 6.45) is 4.92. The van der Waals surface area contributed by atoms with Gasteiger partial charge in [-0.15, -0.1) is 0 Å². The van der Waals surface area contributed by atoms with Crippen molar-refractivity contribution < 1.29 is 4.52 Å². The van der Waals surface area contributed by atoms with Crippen LogP contribution >= 0.6 is 15.9 Å². The Morgan fingerprint density at radius 3 is 2.89 bits per heavy atom. The molecule has 5 nitrogen and oxygen atoms in total. The van der Waals surface area contributed by atoms with Crippen LogP contribution < -0.4 is 5.73 Å². The zero-order chi connectivity index (χ0) is 12.6. The topological polar surface area (TPSA) is 77.8 Å². The van der Waals surface area contributed by atoms with Crippen LogP contribution in [0, 0.1) is 0 Å². The monoisotopic (exact) mass is 308 g/mol. The Kier molecular flexibility index (Phi) is 2.91. The molecule has 3 rings (SSSR count). The van der Waals surface area contributed by atoms with E-state index in [1.807, 2.05) is 12.1 Å². The number of aromatic nitrogens is 3. The Bertz CT molecular complexity index is 559. The first kappa shape index (κ1) is 11.8. The molecular weight excluding hydrogens is 296 g/mol. The van der Waals surface area contributed by atoms with E-state index in [0.29, 0.717) is 24.0 Å². The zero-order valence-electron chi connectivity index (χ0n) is 9.77. The maximum Gasteiger partial charge on any atom is 0.234 e. The summed E-state index contributed by atoms with van der Waals surface area (Å²) in [7, 11) is 0. The lowest BCUT2D eigenvalue weighted by molar-refractivity contribution is 0.182. The van der Waals surface area contributed by atoms with E-state index in [0.717, 1.165) is 17.3 Å². The highest BCUT2D eigenvalue weighted by Gasteiger charge is 2.42. The second-order valence-corrected chi connectivity index (χ2v) is 5.45. The fourth-order valence-corrected chi connectivity index (χ4v) is 2.63. The highest BCUT2D eigenvalue weighted by molar-refractivity contribution is 9.10. The van der Waals surface area contributed by atoms with Crippen molar-refractivity contribution in [3.05, 3.63) is 28.7 Å². The third kappa shape index (κ3) is 1.76. The maximum atomic E-state index is 5.83. The molecule has 2 N–H and O–H groups in total. The molecule has 0 radical (unpaired) electrons. The SMILES string of the molecule is NCC1(c2nc(-c3ncccc3Br)no2)CCC1. The molecule has 94 valence electrons. The summed E-state index contributed by atoms with van der Waals surface area (Å²) in [5.41, 5.74) is 6.41. The molecule has 1 fully saturated rings. The Hall–Kier alpha value is -1.27. The smallest absolute Gasteiger partial charge is 0.234 e. The molecule has 0 spiro atoms. The standard InChI is InChI=1S/C12H13BrN4O/c13-8-3-1-6-15-9(8)10-16-11(18-17-10)12(7-14)4-2-5-12/h1,3,6H,2,4-5,7,14H2. The lowest BCUT2D eigenvalue weighted by Gasteiger charge is -2.36. The van der Waals surface area contributed by atoms with Crippen LogP contribution in [0.1, 0.15) is 25.2 Å². The Balaban J connectivity index is 1.97. The predicted octanol–water partition coefficient (Wildman–Crippen LogP) is 2.27. The molecule has 0 bridgehead atoms. The Morgan fingerprint density at radius 1 is 1.44 bits per heavy atom. The fraction of sp³-hybridized carbons (Fsp3) is 0.417. The van der Waals surface area contributed by atoms with E-state index in [-0.39, 0.29) is 5.41 Å². The van der Waals surface area contributed by atoms with Gasteiger partial charge in [-0.2, -0.15) is 4.98 Å². The summed E-state index contributed by atoms with van der Waals surface area (Å²) in [5, 5.41) is 4.01. The van der Waals surface area contributed by atoms with E-state index in [1.54, 1.807) is 6.20 Å². The van der Waals surface area contributed by atoms with Crippen LogP contribution in [0.5, 0.6) is 0 Å². The number of nitrogens with two attached hydrogens (primary N) is 1. The van der Waals surface area contributed by atoms with Crippen molar-refractivity contribution in [1.82, 2.24) is 15.1 Å². The van der Waals surface area contributed by atoms with Gasteiger partial charge in [-0.3, -0.25) is 4.98 Å². The van der Waals surface area contributed by atoms with E-state index >= 15 is 0 Å². The van der Waals surface area contributed by atoms with Crippen molar-refractivity contribution >= 4 is 15.9 Å². The van der Waals surface area contributed by atoms with E-state index in [2.05, 4.69) is 31.1 Å². The minimum absolute atomic E-state index is 0.105. The molecule has 2 aromatic rings. The quantitative estimate of drug-likeness (QED) is 0.941. The molecule has 2 aromatic heterocycles. The van der Waals surface area contributed by atoms with Crippen molar-refractivity contribution in [1.29, 1.82) is 0 Å². The van der Waals surface area contributed by atoms with E-state index in [1.165, 1.54) is 6.42 Å². The van der Waals surface area contributed by atoms with Gasteiger partial charge in [0.05, 0.1) is 5.41 Å². The summed E-state index contributed by atoms with van der Waals surface area (Å²) in [6.45, 7) is 0.554. The van der Waals surface area contributed by atoms with Gasteiger partial charge < -0.3 is 10.3 Å². The van der Waals surface area contributed by atoms with Gasteiger partial charge in [0.1, 0.15) is 5.69 Å². The molecule has 1 aliphatic rings. The summed E-state index contributed by atoms with van der Waals surface area (Å²) in [4.78, 5) is 8.71. The van der Waals surface area contributed by atoms with Gasteiger partial charge in [0, 0.05) is 17.2 Å². The molecule has 6 heteroatoms. The van der Waals surface area contributed by atoms with Gasteiger partial charge in [0.15, 0.2) is 0 Å². The van der Waals surface area contributed by atoms with Gasteiger partial charge in [-0.25, -0.2) is 0 Å². The second-order valence-electron chi connectivity index (χ2n) is 4.59. The van der Waals surface area contributed by atoms with Crippen LogP contribution in [0.3, 0.4) is 0 Å². The molecule has 18 heavy (non-hydrogen) atoms. The van der Waals surface area contributed by atoms with Gasteiger partial charge in [-0.05, 0) is 40.9 Å². The van der Waals surface area contributed by atoms with Crippen LogP contribution in [0.15, 0.2) is 27.3 Å². The molecule has 0 saturated heterocycles. The average molecular weight is 309 g/mol. The Morgan fingerprint density at radius 2 is 2.28 bits per heavy atom. The first-order valence-electron chi connectivity index (χ1n) is 5.90. The number of hydrogen-bond donors (Lipinski definition) is 1. The highest BCUT2D eigenvalue weighted by Crippen LogP contribution is 2.42. The van der Waals surface area contributed by atoms with Crippen molar-refractivity contribution in [2.75, 3.05) is 6.54 Å². The first-order valence-corrected chi connectivity index (χ1v) is 6.70. The van der Waals surface area contributed by atoms with Crippen LogP contribution in [0.25, 0.3) is 11.5 Å². The van der Waals surface area contributed by atoms with E-state index < -0.39 is 0 Å². The molecule has 0 amide bonds. The number of rotatable bonds is 3. The zero-order valence-corrected chi connectivity index (χ0v) is 11.4. The molecule has 1 saturated carbocycles. The van der Waals surface area contributed by atoms with Crippen LogP contribution in [-0.4, -0.2) is 21.7 Å². The largest absolute Gasteiger partial charge is 0.338 e. The third-order valence-corrected chi connectivity index (χ3v) is 4.19. The van der Waals surface area contributed by atoms with Crippen molar-refractivity contribution in [3.8, 4) is 11.5 Å². The molecule has 0 aromatic carbocycles. The average Bonchev–Trinajstić information content (AvgIpc) is 2.79. The van der Waals surface area contributed by atoms with Crippen LogP contribution in [0.2, 0.25) is 0 Å². The van der Waals surface area contributed by atoms with Crippen LogP contribution in [0.4, 0.5) is 0 Å². The third-order valence-electron chi connectivity index (χ3n) is 3.55. The van der Waals surface area contributed by atoms with Crippen molar-refractivity contribution in [3.63, 3.8) is 0 Å². The molecule has 0 atom stereocenters. The molecule has 1 aliphatic carbocycles. The summed E-state index contributed by atoms with van der Waals surface area (Å²) >= 11 is 3.43. The first-order chi connectivity index (χ1) is 8.75. The minimum Gasteiger partial charge on any atom is -0.338 e. The van der Waals surface area contributed by atoms with Gasteiger partial charge in [0.25, 0.3) is 0 Å². The van der Waals surface area contributed by atoms with Gasteiger partial charge >= 0.3 is 0 Å². The summed E-state index contributed by atoms with van der Waals surface area (Å²) in [6, 6.07) is 3.75. The number of pyridine rings is 1. The Labute approximate surface area is 113 Å². The van der Waals surface area contributed by atoms with Crippen molar-refractivity contribution in [2.24, 2.45) is 5.73 Å². The second kappa shape index (κ2) is 4.44. The normalized spacial score (nSPS) is 17.4. The van der Waals surface area contributed by atoms with Gasteiger partial charge in [0.2, 0.25) is 11.7 Å². The summed E-state index contributed by atoms with van der Waals surface area (Å²) < 4.78 is 6.22.